The highest BCUT2D eigenvalue weighted by Gasteiger charge is 2.14. The van der Waals surface area contributed by atoms with Gasteiger partial charge in [0, 0.05) is 35.7 Å². The van der Waals surface area contributed by atoms with Gasteiger partial charge < -0.3 is 14.6 Å². The zero-order valence-electron chi connectivity index (χ0n) is 14.2. The summed E-state index contributed by atoms with van der Waals surface area (Å²) in [5.41, 5.74) is 4.03. The predicted molar refractivity (Wildman–Crippen MR) is 90.1 cm³/mol. The van der Waals surface area contributed by atoms with Gasteiger partial charge in [0.2, 0.25) is 0 Å². The average Bonchev–Trinajstić information content (AvgIpc) is 2.66. The molecule has 1 aromatic heterocycles. The highest BCUT2D eigenvalue weighted by atomic mass is 16.5. The maximum atomic E-state index is 5.86. The van der Waals surface area contributed by atoms with Crippen molar-refractivity contribution < 1.29 is 4.74 Å². The topological polar surface area (TPSA) is 26.2 Å². The Hall–Kier alpha value is -1.48. The van der Waals surface area contributed by atoms with Crippen molar-refractivity contribution in [3.63, 3.8) is 0 Å². The van der Waals surface area contributed by atoms with Gasteiger partial charge in [0.05, 0.1) is 6.10 Å². The van der Waals surface area contributed by atoms with Crippen LogP contribution in [0.2, 0.25) is 0 Å². The lowest BCUT2D eigenvalue weighted by Gasteiger charge is -2.11. The van der Waals surface area contributed by atoms with Crippen molar-refractivity contribution in [3.05, 3.63) is 29.5 Å². The second-order valence-corrected chi connectivity index (χ2v) is 6.19. The Labute approximate surface area is 128 Å². The van der Waals surface area contributed by atoms with Crippen molar-refractivity contribution in [2.45, 2.75) is 66.8 Å². The quantitative estimate of drug-likeness (QED) is 0.859. The molecular formula is C18H28N2O. The maximum absolute atomic E-state index is 5.86. The third kappa shape index (κ3) is 3.41. The van der Waals surface area contributed by atoms with Crippen LogP contribution in [0.15, 0.2) is 18.2 Å². The van der Waals surface area contributed by atoms with Gasteiger partial charge in [-0.2, -0.15) is 0 Å². The summed E-state index contributed by atoms with van der Waals surface area (Å²) in [6.07, 6.45) is 0.203. The third-order valence-corrected chi connectivity index (χ3v) is 3.80. The first-order chi connectivity index (χ1) is 9.93. The first-order valence-corrected chi connectivity index (χ1v) is 7.95. The lowest BCUT2D eigenvalue weighted by molar-refractivity contribution is 0.243. The molecule has 2 rings (SSSR count). The summed E-state index contributed by atoms with van der Waals surface area (Å²) in [5, 5.41) is 4.84. The van der Waals surface area contributed by atoms with Crippen LogP contribution in [-0.2, 0) is 13.1 Å². The Morgan fingerprint density at radius 1 is 1.19 bits per heavy atom. The fraction of sp³-hybridized carbons (Fsp3) is 0.556. The molecule has 0 aliphatic carbocycles. The van der Waals surface area contributed by atoms with Gasteiger partial charge in [-0.15, -0.1) is 0 Å². The van der Waals surface area contributed by atoms with Gasteiger partial charge in [-0.05, 0) is 51.5 Å². The van der Waals surface area contributed by atoms with Gasteiger partial charge in [-0.25, -0.2) is 0 Å². The van der Waals surface area contributed by atoms with E-state index < -0.39 is 0 Å². The van der Waals surface area contributed by atoms with Crippen LogP contribution in [0.25, 0.3) is 10.9 Å². The SMILES string of the molecule is CCn1c(C)c(CNC(C)C)c2cc(OC(C)C)ccc21. The smallest absolute Gasteiger partial charge is 0.120 e. The third-order valence-electron chi connectivity index (χ3n) is 3.80. The molecule has 0 atom stereocenters. The second-order valence-electron chi connectivity index (χ2n) is 6.19. The number of hydrogen-bond acceptors (Lipinski definition) is 2. The molecule has 0 bridgehead atoms. The van der Waals surface area contributed by atoms with Crippen molar-refractivity contribution in [3.8, 4) is 5.75 Å². The summed E-state index contributed by atoms with van der Waals surface area (Å²) >= 11 is 0. The average molecular weight is 288 g/mol. The number of rotatable bonds is 6. The first-order valence-electron chi connectivity index (χ1n) is 7.95. The predicted octanol–water partition coefficient (Wildman–Crippen LogP) is 4.25. The molecule has 116 valence electrons. The van der Waals surface area contributed by atoms with Gasteiger partial charge >= 0.3 is 0 Å². The monoisotopic (exact) mass is 288 g/mol. The van der Waals surface area contributed by atoms with Gasteiger partial charge in [-0.1, -0.05) is 13.8 Å². The van der Waals surface area contributed by atoms with Crippen LogP contribution >= 0.6 is 0 Å². The Morgan fingerprint density at radius 3 is 2.48 bits per heavy atom. The lowest BCUT2D eigenvalue weighted by Crippen LogP contribution is -2.22. The first kappa shape index (κ1) is 15.9. The number of aromatic nitrogens is 1. The van der Waals surface area contributed by atoms with Crippen molar-refractivity contribution in [1.82, 2.24) is 9.88 Å². The highest BCUT2D eigenvalue weighted by Crippen LogP contribution is 2.30. The minimum Gasteiger partial charge on any atom is -0.491 e. The lowest BCUT2D eigenvalue weighted by atomic mass is 10.1. The highest BCUT2D eigenvalue weighted by molar-refractivity contribution is 5.87. The minimum atomic E-state index is 0.203. The number of benzene rings is 1. The molecule has 0 unspecified atom stereocenters. The molecule has 0 aliphatic heterocycles. The standard InChI is InChI=1S/C18H28N2O/c1-7-20-14(6)17(11-19-12(2)3)16-10-15(21-13(4)5)8-9-18(16)20/h8-10,12-13,19H,7,11H2,1-6H3. The summed E-state index contributed by atoms with van der Waals surface area (Å²) < 4.78 is 8.24. The van der Waals surface area contributed by atoms with Crippen LogP contribution in [-0.4, -0.2) is 16.7 Å². The van der Waals surface area contributed by atoms with E-state index in [1.165, 1.54) is 22.2 Å². The van der Waals surface area contributed by atoms with Crippen LogP contribution in [0.4, 0.5) is 0 Å². The molecule has 0 aliphatic rings. The number of nitrogens with one attached hydrogen (secondary N) is 1. The molecule has 1 aromatic carbocycles. The van der Waals surface area contributed by atoms with Crippen LogP contribution in [0.1, 0.15) is 45.9 Å². The molecule has 0 fully saturated rings. The van der Waals surface area contributed by atoms with E-state index >= 15 is 0 Å². The Bertz CT molecular complexity index is 611. The molecule has 3 nitrogen and oxygen atoms in total. The zero-order chi connectivity index (χ0) is 15.6. The molecule has 0 amide bonds. The van der Waals surface area contributed by atoms with Crippen LogP contribution in [0.3, 0.4) is 0 Å². The molecule has 0 spiro atoms. The summed E-state index contributed by atoms with van der Waals surface area (Å²) in [7, 11) is 0. The number of hydrogen-bond donors (Lipinski definition) is 1. The van der Waals surface area contributed by atoms with Crippen molar-refractivity contribution in [2.75, 3.05) is 0 Å². The van der Waals surface area contributed by atoms with Crippen molar-refractivity contribution >= 4 is 10.9 Å². The Kier molecular flexibility index (Phi) is 4.94. The minimum absolute atomic E-state index is 0.203. The van der Waals surface area contributed by atoms with E-state index in [0.29, 0.717) is 6.04 Å². The summed E-state index contributed by atoms with van der Waals surface area (Å²) in [5.74, 6) is 0.955. The van der Waals surface area contributed by atoms with Gasteiger partial charge in [0.25, 0.3) is 0 Å². The van der Waals surface area contributed by atoms with E-state index in [2.05, 4.69) is 69.6 Å². The molecule has 21 heavy (non-hydrogen) atoms. The molecular weight excluding hydrogens is 260 g/mol. The van der Waals surface area contributed by atoms with Crippen LogP contribution in [0.5, 0.6) is 5.75 Å². The summed E-state index contributed by atoms with van der Waals surface area (Å²) in [4.78, 5) is 0. The van der Waals surface area contributed by atoms with E-state index in [4.69, 9.17) is 4.74 Å². The second kappa shape index (κ2) is 6.52. The van der Waals surface area contributed by atoms with Crippen LogP contribution in [0, 0.1) is 6.92 Å². The fourth-order valence-electron chi connectivity index (χ4n) is 2.81. The van der Waals surface area contributed by atoms with Crippen molar-refractivity contribution in [1.29, 1.82) is 0 Å². The van der Waals surface area contributed by atoms with E-state index in [9.17, 15) is 0 Å². The van der Waals surface area contributed by atoms with E-state index in [1.54, 1.807) is 0 Å². The maximum Gasteiger partial charge on any atom is 0.120 e. The fourth-order valence-corrected chi connectivity index (χ4v) is 2.81. The number of fused-ring (bicyclic) bond motifs is 1. The van der Waals surface area contributed by atoms with Crippen LogP contribution < -0.4 is 10.1 Å². The van der Waals surface area contributed by atoms with E-state index in [1.807, 2.05) is 0 Å². The van der Waals surface area contributed by atoms with Crippen molar-refractivity contribution in [2.24, 2.45) is 0 Å². The Balaban J connectivity index is 2.49. The summed E-state index contributed by atoms with van der Waals surface area (Å²) in [6.45, 7) is 14.8. The van der Waals surface area contributed by atoms with Gasteiger partial charge in [0.1, 0.15) is 5.75 Å². The molecule has 0 saturated carbocycles. The number of ether oxygens (including phenoxy) is 1. The normalized spacial score (nSPS) is 11.8. The van der Waals surface area contributed by atoms with E-state index in [0.717, 1.165) is 18.8 Å². The molecule has 0 radical (unpaired) electrons. The van der Waals surface area contributed by atoms with Gasteiger partial charge in [0.15, 0.2) is 0 Å². The molecule has 0 saturated heterocycles. The van der Waals surface area contributed by atoms with E-state index in [-0.39, 0.29) is 6.10 Å². The molecule has 1 heterocycles. The largest absolute Gasteiger partial charge is 0.491 e. The summed E-state index contributed by atoms with van der Waals surface area (Å²) in [6, 6.07) is 6.93. The molecule has 1 N–H and O–H groups in total. The molecule has 2 aromatic rings. The number of aryl methyl sites for hydroxylation is 1. The Morgan fingerprint density at radius 2 is 1.90 bits per heavy atom. The van der Waals surface area contributed by atoms with Gasteiger partial charge in [-0.3, -0.25) is 0 Å². The number of nitrogens with zero attached hydrogens (tertiary/aromatic N) is 1. The molecule has 3 heteroatoms. The zero-order valence-corrected chi connectivity index (χ0v) is 14.2.